The van der Waals surface area contributed by atoms with Crippen LogP contribution in [0.15, 0.2) is 0 Å². The predicted octanol–water partition coefficient (Wildman–Crippen LogP) is 12.6. The van der Waals surface area contributed by atoms with Crippen molar-refractivity contribution in [1.29, 1.82) is 5.26 Å². The van der Waals surface area contributed by atoms with E-state index in [4.69, 9.17) is 28.3 Å². The number of ether oxygens (including phenoxy) is 2. The molecule has 0 aliphatic carbocycles. The highest BCUT2D eigenvalue weighted by Crippen LogP contribution is 2.49. The second-order valence-electron chi connectivity index (χ2n) is 16.5. The van der Waals surface area contributed by atoms with E-state index in [9.17, 15) is 14.2 Å². The van der Waals surface area contributed by atoms with Gasteiger partial charge in [0, 0.05) is 19.3 Å². The lowest BCUT2D eigenvalue weighted by molar-refractivity contribution is -0.870. The van der Waals surface area contributed by atoms with Crippen molar-refractivity contribution < 1.29 is 41.7 Å². The molecule has 0 aromatic heterocycles. The van der Waals surface area contributed by atoms with Crippen molar-refractivity contribution in [2.45, 2.75) is 213 Å². The number of phosphoric ester groups is 1. The van der Waals surface area contributed by atoms with Crippen LogP contribution in [0.25, 0.3) is 0 Å². The minimum atomic E-state index is -4.06. The summed E-state index contributed by atoms with van der Waals surface area (Å²) < 4.78 is 42.0. The maximum atomic E-state index is 13.5. The third kappa shape index (κ3) is 39.1. The Bertz CT molecular complexity index is 984. The molecule has 0 aliphatic heterocycles. The maximum absolute atomic E-state index is 13.5. The Balaban J connectivity index is 4.75. The Morgan fingerprint density at radius 3 is 1.36 bits per heavy atom. The highest BCUT2D eigenvalue weighted by molar-refractivity contribution is 7.48. The van der Waals surface area contributed by atoms with Gasteiger partial charge >= 0.3 is 19.8 Å². The number of phosphoric acid groups is 1. The van der Waals surface area contributed by atoms with E-state index in [1.54, 1.807) is 0 Å². The molecule has 0 rings (SSSR count). The van der Waals surface area contributed by atoms with Crippen LogP contribution in [0, 0.1) is 11.3 Å². The van der Waals surface area contributed by atoms with Gasteiger partial charge in [0.15, 0.2) is 6.10 Å². The van der Waals surface area contributed by atoms with Gasteiger partial charge in [-0.2, -0.15) is 5.26 Å². The smallest absolute Gasteiger partial charge is 0.462 e. The van der Waals surface area contributed by atoms with E-state index in [0.29, 0.717) is 23.7 Å². The SMILES string of the molecule is CCCCCCCCCCCCCCCC(=O)OCC(COP(=O)(OCCC#N)OCCC[N+](C)(C)C)OC(=O)CCCCCCCCCCCCCCC. The molecule has 324 valence electrons. The summed E-state index contributed by atoms with van der Waals surface area (Å²) in [6, 6.07) is 1.96. The van der Waals surface area contributed by atoms with Gasteiger partial charge in [-0.15, -0.1) is 0 Å². The third-order valence-corrected chi connectivity index (χ3v) is 11.3. The fourth-order valence-corrected chi connectivity index (χ4v) is 7.64. The number of hydrogen-bond acceptors (Lipinski definition) is 9. The van der Waals surface area contributed by atoms with Crippen LogP contribution < -0.4 is 0 Å². The molecule has 10 nitrogen and oxygen atoms in total. The number of unbranched alkanes of at least 4 members (excludes halogenated alkanes) is 24. The molecule has 0 spiro atoms. The molecule has 0 N–H and O–H groups in total. The predicted molar refractivity (Wildman–Crippen MR) is 225 cm³/mol. The van der Waals surface area contributed by atoms with E-state index in [1.165, 1.54) is 128 Å². The molecule has 0 aromatic rings. The summed E-state index contributed by atoms with van der Waals surface area (Å²) in [6.45, 7) is 4.77. The summed E-state index contributed by atoms with van der Waals surface area (Å²) in [7, 11) is 2.10. The van der Waals surface area contributed by atoms with E-state index >= 15 is 0 Å². The molecule has 2 atom stereocenters. The summed E-state index contributed by atoms with van der Waals surface area (Å²) in [6.07, 6.45) is 31.9. The fraction of sp³-hybridized carbons (Fsp3) is 0.932. The number of carbonyl (C=O) groups is 2. The van der Waals surface area contributed by atoms with Crippen molar-refractivity contribution in [3.8, 4) is 6.07 Å². The number of esters is 2. The Labute approximate surface area is 338 Å². The van der Waals surface area contributed by atoms with Crippen LogP contribution in [0.3, 0.4) is 0 Å². The summed E-state index contributed by atoms with van der Waals surface area (Å²) >= 11 is 0. The van der Waals surface area contributed by atoms with Crippen LogP contribution in [-0.2, 0) is 37.2 Å². The number of quaternary nitrogens is 1. The minimum Gasteiger partial charge on any atom is -0.462 e. The summed E-state index contributed by atoms with van der Waals surface area (Å²) in [5.74, 6) is -0.765. The van der Waals surface area contributed by atoms with Crippen molar-refractivity contribution in [2.75, 3.05) is 54.1 Å². The molecule has 0 bridgehead atoms. The van der Waals surface area contributed by atoms with Gasteiger partial charge in [-0.3, -0.25) is 23.2 Å². The van der Waals surface area contributed by atoms with Crippen LogP contribution in [0.1, 0.15) is 206 Å². The molecule has 0 fully saturated rings. The van der Waals surface area contributed by atoms with Crippen molar-refractivity contribution in [1.82, 2.24) is 0 Å². The number of carbonyl (C=O) groups excluding carboxylic acids is 2. The lowest BCUT2D eigenvalue weighted by atomic mass is 10.0. The molecule has 0 aromatic carbocycles. The quantitative estimate of drug-likeness (QED) is 0.0257. The topological polar surface area (TPSA) is 121 Å². The first-order valence-electron chi connectivity index (χ1n) is 22.6. The minimum absolute atomic E-state index is 0.0178. The summed E-state index contributed by atoms with van der Waals surface area (Å²) in [5, 5.41) is 8.96. The molecule has 0 saturated carbocycles. The lowest BCUT2D eigenvalue weighted by Crippen LogP contribution is -2.35. The zero-order chi connectivity index (χ0) is 40.7. The highest BCUT2D eigenvalue weighted by atomic mass is 31.2. The Morgan fingerprint density at radius 1 is 0.545 bits per heavy atom. The molecule has 55 heavy (non-hydrogen) atoms. The van der Waals surface area contributed by atoms with Crippen LogP contribution in [0.2, 0.25) is 0 Å². The van der Waals surface area contributed by atoms with Gasteiger partial charge in [-0.1, -0.05) is 168 Å². The number of nitriles is 1. The second kappa shape index (κ2) is 38.0. The first-order chi connectivity index (χ1) is 26.5. The average Bonchev–Trinajstić information content (AvgIpc) is 3.15. The number of hydrogen-bond donors (Lipinski definition) is 0. The average molecular weight is 802 g/mol. The van der Waals surface area contributed by atoms with E-state index < -0.39 is 19.9 Å². The molecule has 2 unspecified atom stereocenters. The van der Waals surface area contributed by atoms with E-state index in [1.807, 2.05) is 6.07 Å². The molecule has 0 heterocycles. The largest absolute Gasteiger partial charge is 0.474 e. The zero-order valence-corrected chi connectivity index (χ0v) is 37.3. The van der Waals surface area contributed by atoms with Crippen LogP contribution in [0.5, 0.6) is 0 Å². The zero-order valence-electron chi connectivity index (χ0n) is 36.4. The van der Waals surface area contributed by atoms with Crippen molar-refractivity contribution in [3.63, 3.8) is 0 Å². The lowest BCUT2D eigenvalue weighted by Gasteiger charge is -2.25. The molecule has 0 radical (unpaired) electrons. The van der Waals surface area contributed by atoms with Gasteiger partial charge in [-0.05, 0) is 12.8 Å². The van der Waals surface area contributed by atoms with E-state index in [2.05, 4.69) is 35.0 Å². The van der Waals surface area contributed by atoms with Gasteiger partial charge in [0.1, 0.15) is 6.61 Å². The Hall–Kier alpha value is -1.50. The number of nitrogens with zero attached hydrogens (tertiary/aromatic N) is 2. The first kappa shape index (κ1) is 53.5. The normalized spacial score (nSPS) is 13.3. The maximum Gasteiger partial charge on any atom is 0.474 e. The van der Waals surface area contributed by atoms with Crippen molar-refractivity contribution in [2.24, 2.45) is 0 Å². The van der Waals surface area contributed by atoms with Gasteiger partial charge in [0.25, 0.3) is 0 Å². The molecule has 0 saturated heterocycles. The Kier molecular flexibility index (Phi) is 37.0. The Morgan fingerprint density at radius 2 is 0.945 bits per heavy atom. The molecular formula is C44H86N2O8P+. The van der Waals surface area contributed by atoms with Crippen LogP contribution in [-0.4, -0.2) is 76.6 Å². The van der Waals surface area contributed by atoms with Gasteiger partial charge < -0.3 is 14.0 Å². The van der Waals surface area contributed by atoms with E-state index in [0.717, 1.165) is 38.6 Å². The van der Waals surface area contributed by atoms with E-state index in [-0.39, 0.29) is 45.2 Å². The molecular weight excluding hydrogens is 715 g/mol. The van der Waals surface area contributed by atoms with Crippen LogP contribution >= 0.6 is 7.82 Å². The van der Waals surface area contributed by atoms with Crippen molar-refractivity contribution >= 4 is 19.8 Å². The van der Waals surface area contributed by atoms with Gasteiger partial charge in [-0.25, -0.2) is 4.57 Å². The van der Waals surface area contributed by atoms with Crippen molar-refractivity contribution in [3.05, 3.63) is 0 Å². The van der Waals surface area contributed by atoms with Gasteiger partial charge in [0.05, 0.1) is 60.0 Å². The highest BCUT2D eigenvalue weighted by Gasteiger charge is 2.30. The molecule has 0 amide bonds. The summed E-state index contributed by atoms with van der Waals surface area (Å²) in [5.41, 5.74) is 0. The second-order valence-corrected chi connectivity index (χ2v) is 18.1. The van der Waals surface area contributed by atoms with Crippen LogP contribution in [0.4, 0.5) is 0 Å². The monoisotopic (exact) mass is 802 g/mol. The fourth-order valence-electron chi connectivity index (χ4n) is 6.40. The van der Waals surface area contributed by atoms with Gasteiger partial charge in [0.2, 0.25) is 0 Å². The molecule has 0 aliphatic rings. The summed E-state index contributed by atoms with van der Waals surface area (Å²) in [4.78, 5) is 25.5. The first-order valence-corrected chi connectivity index (χ1v) is 24.1. The standard InChI is InChI=1S/C44H86N2O8P/c1-6-8-10-12-14-16-18-20-22-24-26-28-30-34-43(47)50-40-42(41-53-55(49,51-38-32-36-45)52-39-33-37-46(3,4)5)54-44(48)35-31-29-27-25-23-21-19-17-15-13-11-9-7-2/h42H,6-35,37-41H2,1-5H3/q+1. The number of rotatable bonds is 42. The third-order valence-electron chi connectivity index (χ3n) is 9.80. The molecule has 11 heteroatoms.